The van der Waals surface area contributed by atoms with Gasteiger partial charge >= 0.3 is 0 Å². The maximum atomic E-state index is 15.0. The fraction of sp³-hybridized carbons (Fsp3) is 0.429. The normalized spacial score (nSPS) is 19.0. The van der Waals surface area contributed by atoms with Crippen LogP contribution in [0.4, 0.5) is 4.39 Å². The molecule has 1 aliphatic heterocycles. The first-order chi connectivity index (χ1) is 15.9. The number of allylic oxidation sites excluding steroid dienone is 6. The van der Waals surface area contributed by atoms with Crippen molar-refractivity contribution < 1.29 is 4.39 Å². The van der Waals surface area contributed by atoms with Gasteiger partial charge in [-0.25, -0.2) is 9.40 Å². The SMILES string of the molecule is C=C(C)/C(=C\C=C(C)C)NC(=C)/C(=C\Cl)C(=C)N(CC1=CCCC(P)=C1F)N1CCCC1(C)C. The van der Waals surface area contributed by atoms with Gasteiger partial charge in [-0.2, -0.15) is 0 Å². The van der Waals surface area contributed by atoms with Crippen molar-refractivity contribution >= 4 is 20.8 Å². The van der Waals surface area contributed by atoms with Gasteiger partial charge in [-0.05, 0) is 77.3 Å². The quantitative estimate of drug-likeness (QED) is 0.240. The highest BCUT2D eigenvalue weighted by Gasteiger charge is 2.38. The molecule has 2 rings (SSSR count). The summed E-state index contributed by atoms with van der Waals surface area (Å²) in [4.78, 5) is 0. The largest absolute Gasteiger partial charge is 0.355 e. The summed E-state index contributed by atoms with van der Waals surface area (Å²) >= 11 is 6.34. The van der Waals surface area contributed by atoms with E-state index in [4.69, 9.17) is 11.6 Å². The van der Waals surface area contributed by atoms with Crippen LogP contribution in [-0.2, 0) is 0 Å². The van der Waals surface area contributed by atoms with Crippen molar-refractivity contribution in [2.24, 2.45) is 0 Å². The molecule has 3 nitrogen and oxygen atoms in total. The molecule has 0 spiro atoms. The smallest absolute Gasteiger partial charge is 0.131 e. The minimum Gasteiger partial charge on any atom is -0.355 e. The zero-order valence-electron chi connectivity index (χ0n) is 21.4. The lowest BCUT2D eigenvalue weighted by Crippen LogP contribution is -2.51. The summed E-state index contributed by atoms with van der Waals surface area (Å²) in [5.74, 6) is -0.145. The Bertz CT molecular complexity index is 993. The van der Waals surface area contributed by atoms with Gasteiger partial charge in [0.2, 0.25) is 0 Å². The number of nitrogens with zero attached hydrogens (tertiary/aromatic N) is 2. The second-order valence-corrected chi connectivity index (χ2v) is 10.8. The maximum absolute atomic E-state index is 15.0. The Morgan fingerprint density at radius 1 is 1.26 bits per heavy atom. The summed E-state index contributed by atoms with van der Waals surface area (Å²) in [5, 5.41) is 8.43. The van der Waals surface area contributed by atoms with Crippen molar-refractivity contribution in [3.8, 4) is 0 Å². The van der Waals surface area contributed by atoms with E-state index in [2.05, 4.69) is 58.2 Å². The first-order valence-corrected chi connectivity index (χ1v) is 12.8. The van der Waals surface area contributed by atoms with Crippen molar-refractivity contribution in [2.75, 3.05) is 13.1 Å². The fourth-order valence-electron chi connectivity index (χ4n) is 4.18. The van der Waals surface area contributed by atoms with Crippen molar-refractivity contribution in [2.45, 2.75) is 65.8 Å². The highest BCUT2D eigenvalue weighted by atomic mass is 35.5. The van der Waals surface area contributed by atoms with Gasteiger partial charge in [0.05, 0.1) is 12.2 Å². The first-order valence-electron chi connectivity index (χ1n) is 11.7. The maximum Gasteiger partial charge on any atom is 0.131 e. The second-order valence-electron chi connectivity index (χ2n) is 9.88. The van der Waals surface area contributed by atoms with E-state index in [9.17, 15) is 0 Å². The van der Waals surface area contributed by atoms with E-state index in [1.807, 2.05) is 39.0 Å². The highest BCUT2D eigenvalue weighted by Crippen LogP contribution is 2.37. The van der Waals surface area contributed by atoms with Gasteiger partial charge in [0.15, 0.2) is 0 Å². The molecule has 0 radical (unpaired) electrons. The van der Waals surface area contributed by atoms with Crippen LogP contribution in [0.3, 0.4) is 0 Å². The molecule has 0 amide bonds. The van der Waals surface area contributed by atoms with Crippen molar-refractivity contribution in [1.82, 2.24) is 15.3 Å². The standard InChI is InChI=1S/C28H40ClFN3P/c1-19(2)13-14-25(20(3)4)31-21(5)24(17-29)22(6)32(33-16-10-15-28(33,7)8)18-23-11-9-12-26(34)27(23)30/h11,13-14,17,31H,3,5-6,9-10,12,15-16,18,34H2,1-2,4,7-8H3/b24-17+,25-14+. The van der Waals surface area contributed by atoms with Crippen LogP contribution in [-0.4, -0.2) is 28.6 Å². The first kappa shape index (κ1) is 28.4. The van der Waals surface area contributed by atoms with Crippen LogP contribution in [0.25, 0.3) is 0 Å². The molecule has 34 heavy (non-hydrogen) atoms. The fourth-order valence-corrected chi connectivity index (χ4v) is 4.79. The summed E-state index contributed by atoms with van der Waals surface area (Å²) in [6.45, 7) is 24.4. The monoisotopic (exact) mass is 503 g/mol. The summed E-state index contributed by atoms with van der Waals surface area (Å²) in [5.41, 5.74) is 6.94. The van der Waals surface area contributed by atoms with Gasteiger partial charge in [-0.3, -0.25) is 0 Å². The van der Waals surface area contributed by atoms with Gasteiger partial charge in [-0.1, -0.05) is 49.1 Å². The molecule has 2 aliphatic rings. The molecule has 0 aromatic rings. The third-order valence-electron chi connectivity index (χ3n) is 6.22. The molecule has 1 atom stereocenters. The number of hydrogen-bond acceptors (Lipinski definition) is 3. The molecular formula is C28H40ClFN3P. The van der Waals surface area contributed by atoms with Crippen LogP contribution in [0.5, 0.6) is 0 Å². The van der Waals surface area contributed by atoms with Crippen molar-refractivity contribution in [1.29, 1.82) is 0 Å². The van der Waals surface area contributed by atoms with Gasteiger partial charge < -0.3 is 10.3 Å². The van der Waals surface area contributed by atoms with E-state index in [-0.39, 0.29) is 11.4 Å². The summed E-state index contributed by atoms with van der Waals surface area (Å²) in [6, 6.07) is 0. The van der Waals surface area contributed by atoms with E-state index >= 15 is 4.39 Å². The number of rotatable bonds is 10. The molecule has 0 bridgehead atoms. The van der Waals surface area contributed by atoms with Crippen molar-refractivity contribution in [3.63, 3.8) is 0 Å². The molecule has 1 aliphatic carbocycles. The number of hydrazine groups is 1. The Labute approximate surface area is 213 Å². The number of nitrogens with one attached hydrogen (secondary N) is 1. The third kappa shape index (κ3) is 7.07. The molecule has 0 saturated carbocycles. The lowest BCUT2D eigenvalue weighted by atomic mass is 10.0. The number of hydrogen-bond donors (Lipinski definition) is 1. The third-order valence-corrected chi connectivity index (χ3v) is 6.98. The van der Waals surface area contributed by atoms with E-state index in [0.717, 1.165) is 48.8 Å². The molecule has 1 N–H and O–H groups in total. The Hall–Kier alpha value is -1.87. The molecule has 1 fully saturated rings. The Balaban J connectivity index is 2.39. The van der Waals surface area contributed by atoms with E-state index in [1.54, 1.807) is 0 Å². The summed E-state index contributed by atoms with van der Waals surface area (Å²) in [7, 11) is 2.55. The Morgan fingerprint density at radius 3 is 2.47 bits per heavy atom. The van der Waals surface area contributed by atoms with Gasteiger partial charge in [-0.15, -0.1) is 9.24 Å². The second kappa shape index (κ2) is 12.2. The zero-order valence-corrected chi connectivity index (χ0v) is 23.3. The summed E-state index contributed by atoms with van der Waals surface area (Å²) < 4.78 is 15.0. The van der Waals surface area contributed by atoms with Crippen LogP contribution < -0.4 is 5.32 Å². The van der Waals surface area contributed by atoms with Crippen LogP contribution in [0.15, 0.2) is 94.0 Å². The van der Waals surface area contributed by atoms with Crippen LogP contribution in [0.2, 0.25) is 0 Å². The molecule has 6 heteroatoms. The average Bonchev–Trinajstić information content (AvgIpc) is 3.10. The van der Waals surface area contributed by atoms with E-state index in [1.165, 1.54) is 11.1 Å². The topological polar surface area (TPSA) is 18.5 Å². The van der Waals surface area contributed by atoms with Crippen LogP contribution in [0, 0.1) is 0 Å². The molecule has 0 aromatic carbocycles. The lowest BCUT2D eigenvalue weighted by Gasteiger charge is -2.44. The predicted molar refractivity (Wildman–Crippen MR) is 150 cm³/mol. The van der Waals surface area contributed by atoms with E-state index in [0.29, 0.717) is 29.1 Å². The zero-order chi connectivity index (χ0) is 25.6. The summed E-state index contributed by atoms with van der Waals surface area (Å²) in [6.07, 6.45) is 9.66. The lowest BCUT2D eigenvalue weighted by molar-refractivity contribution is -0.0335. The minimum atomic E-state index is -0.145. The molecular weight excluding hydrogens is 464 g/mol. The molecule has 1 heterocycles. The Kier molecular flexibility index (Phi) is 10.2. The van der Waals surface area contributed by atoms with Gasteiger partial charge in [0.25, 0.3) is 0 Å². The molecule has 1 saturated heterocycles. The van der Waals surface area contributed by atoms with E-state index < -0.39 is 0 Å². The van der Waals surface area contributed by atoms with Gasteiger partial charge in [0.1, 0.15) is 5.83 Å². The number of halogens is 2. The van der Waals surface area contributed by atoms with Crippen LogP contribution >= 0.6 is 20.8 Å². The van der Waals surface area contributed by atoms with Gasteiger partial charge in [0, 0.05) is 40.2 Å². The minimum absolute atomic E-state index is 0.0828. The highest BCUT2D eigenvalue weighted by molar-refractivity contribution is 7.22. The molecule has 186 valence electrons. The van der Waals surface area contributed by atoms with Crippen LogP contribution in [0.1, 0.15) is 60.3 Å². The predicted octanol–water partition coefficient (Wildman–Crippen LogP) is 8.02. The molecule has 0 aromatic heterocycles. The molecule has 1 unspecified atom stereocenters. The average molecular weight is 504 g/mol. The van der Waals surface area contributed by atoms with Crippen molar-refractivity contribution in [3.05, 3.63) is 94.0 Å². The Morgan fingerprint density at radius 2 is 1.94 bits per heavy atom.